The molecule has 1 aromatic carbocycles. The third-order valence-electron chi connectivity index (χ3n) is 3.68. The summed E-state index contributed by atoms with van der Waals surface area (Å²) < 4.78 is 10.3. The van der Waals surface area contributed by atoms with E-state index in [9.17, 15) is 19.7 Å². The first-order valence-corrected chi connectivity index (χ1v) is 8.09. The molecule has 1 unspecified atom stereocenters. The number of amides is 1. The smallest absolute Gasteiger partial charge is 0.338 e. The van der Waals surface area contributed by atoms with Gasteiger partial charge in [-0.3, -0.25) is 14.9 Å². The number of anilines is 1. The molecule has 1 saturated heterocycles. The quantitative estimate of drug-likeness (QED) is 0.413. The van der Waals surface area contributed by atoms with Gasteiger partial charge in [-0.15, -0.1) is 0 Å². The summed E-state index contributed by atoms with van der Waals surface area (Å²) in [6, 6.07) is 3.98. The van der Waals surface area contributed by atoms with Crippen LogP contribution in [0.5, 0.6) is 0 Å². The van der Waals surface area contributed by atoms with Crippen LogP contribution in [0.15, 0.2) is 18.2 Å². The molecule has 1 aliphatic rings. The van der Waals surface area contributed by atoms with Gasteiger partial charge in [0.05, 0.1) is 16.6 Å². The first-order chi connectivity index (χ1) is 12.0. The van der Waals surface area contributed by atoms with Crippen molar-refractivity contribution in [2.75, 3.05) is 31.6 Å². The highest BCUT2D eigenvalue weighted by molar-refractivity contribution is 5.93. The summed E-state index contributed by atoms with van der Waals surface area (Å²) in [6.45, 7) is 2.93. The first kappa shape index (κ1) is 18.7. The van der Waals surface area contributed by atoms with Crippen LogP contribution in [0.2, 0.25) is 0 Å². The van der Waals surface area contributed by atoms with E-state index in [1.54, 1.807) is 6.92 Å². The summed E-state index contributed by atoms with van der Waals surface area (Å²) in [4.78, 5) is 34.2. The van der Waals surface area contributed by atoms with Crippen LogP contribution in [0.1, 0.15) is 30.1 Å². The van der Waals surface area contributed by atoms with Gasteiger partial charge in [-0.05, 0) is 31.9 Å². The standard InChI is InChI=1S/C16H21N3O6/c1-2-17-13-6-5-11(8-14(13)19(22)23)16(21)25-10-15(20)18-9-12-4-3-7-24-12/h5-6,8,12,17H,2-4,7,9-10H2,1H3,(H,18,20). The van der Waals surface area contributed by atoms with Crippen molar-refractivity contribution in [3.05, 3.63) is 33.9 Å². The second kappa shape index (κ2) is 8.97. The number of carbonyl (C=O) groups excluding carboxylic acids is 2. The van der Waals surface area contributed by atoms with Crippen molar-refractivity contribution in [3.63, 3.8) is 0 Å². The largest absolute Gasteiger partial charge is 0.452 e. The molecular weight excluding hydrogens is 330 g/mol. The normalized spacial score (nSPS) is 16.3. The number of esters is 1. The number of hydrogen-bond donors (Lipinski definition) is 2. The Bertz CT molecular complexity index is 643. The molecule has 0 saturated carbocycles. The minimum absolute atomic E-state index is 0.000844. The third-order valence-corrected chi connectivity index (χ3v) is 3.68. The zero-order chi connectivity index (χ0) is 18.2. The zero-order valence-electron chi connectivity index (χ0n) is 13.9. The highest BCUT2D eigenvalue weighted by Gasteiger charge is 2.19. The number of nitro benzene ring substituents is 1. The van der Waals surface area contributed by atoms with Gasteiger partial charge < -0.3 is 20.1 Å². The van der Waals surface area contributed by atoms with Crippen LogP contribution in [0, 0.1) is 10.1 Å². The van der Waals surface area contributed by atoms with Gasteiger partial charge in [0.2, 0.25) is 0 Å². The van der Waals surface area contributed by atoms with Crippen LogP contribution in [0.25, 0.3) is 0 Å². The van der Waals surface area contributed by atoms with E-state index >= 15 is 0 Å². The van der Waals surface area contributed by atoms with Crippen molar-refractivity contribution < 1.29 is 24.0 Å². The monoisotopic (exact) mass is 351 g/mol. The van der Waals surface area contributed by atoms with Crippen molar-refractivity contribution >= 4 is 23.3 Å². The number of nitro groups is 1. The van der Waals surface area contributed by atoms with Gasteiger partial charge >= 0.3 is 5.97 Å². The number of rotatable bonds is 8. The fourth-order valence-corrected chi connectivity index (χ4v) is 2.45. The van der Waals surface area contributed by atoms with Crippen molar-refractivity contribution in [2.24, 2.45) is 0 Å². The highest BCUT2D eigenvalue weighted by Crippen LogP contribution is 2.25. The van der Waals surface area contributed by atoms with E-state index in [1.807, 2.05) is 0 Å². The van der Waals surface area contributed by atoms with Gasteiger partial charge in [0, 0.05) is 25.8 Å². The van der Waals surface area contributed by atoms with Crippen molar-refractivity contribution in [1.29, 1.82) is 0 Å². The number of carbonyl (C=O) groups is 2. The van der Waals surface area contributed by atoms with E-state index in [1.165, 1.54) is 12.1 Å². The molecule has 1 aromatic rings. The number of hydrogen-bond acceptors (Lipinski definition) is 7. The molecule has 9 heteroatoms. The van der Waals surface area contributed by atoms with Crippen LogP contribution in [0.4, 0.5) is 11.4 Å². The molecule has 25 heavy (non-hydrogen) atoms. The molecular formula is C16H21N3O6. The number of ether oxygens (including phenoxy) is 2. The Balaban J connectivity index is 1.88. The maximum atomic E-state index is 12.0. The van der Waals surface area contributed by atoms with E-state index in [4.69, 9.17) is 9.47 Å². The molecule has 1 aliphatic heterocycles. The summed E-state index contributed by atoms with van der Waals surface area (Å²) in [6.07, 6.45) is 1.86. The van der Waals surface area contributed by atoms with Gasteiger partial charge in [-0.2, -0.15) is 0 Å². The summed E-state index contributed by atoms with van der Waals surface area (Å²) >= 11 is 0. The van der Waals surface area contributed by atoms with Crippen LogP contribution in [-0.2, 0) is 14.3 Å². The van der Waals surface area contributed by atoms with E-state index in [0.29, 0.717) is 25.4 Å². The zero-order valence-corrected chi connectivity index (χ0v) is 13.9. The van der Waals surface area contributed by atoms with E-state index < -0.39 is 23.4 Å². The van der Waals surface area contributed by atoms with Gasteiger partial charge in [-0.1, -0.05) is 0 Å². The van der Waals surface area contributed by atoms with Gasteiger partial charge in [0.1, 0.15) is 5.69 Å². The van der Waals surface area contributed by atoms with Crippen LogP contribution < -0.4 is 10.6 Å². The Labute approximate surface area is 144 Å². The highest BCUT2D eigenvalue weighted by atomic mass is 16.6. The molecule has 0 spiro atoms. The Morgan fingerprint density at radius 3 is 2.88 bits per heavy atom. The second-order valence-corrected chi connectivity index (χ2v) is 5.53. The molecule has 1 atom stereocenters. The molecule has 0 aliphatic carbocycles. The van der Waals surface area contributed by atoms with E-state index in [0.717, 1.165) is 18.9 Å². The molecule has 9 nitrogen and oxygen atoms in total. The lowest BCUT2D eigenvalue weighted by Gasteiger charge is -2.11. The van der Waals surface area contributed by atoms with Crippen molar-refractivity contribution in [2.45, 2.75) is 25.9 Å². The Kier molecular flexibility index (Phi) is 6.70. The topological polar surface area (TPSA) is 120 Å². The third kappa shape index (κ3) is 5.42. The lowest BCUT2D eigenvalue weighted by molar-refractivity contribution is -0.384. The molecule has 1 fully saturated rings. The van der Waals surface area contributed by atoms with Gasteiger partial charge in [0.15, 0.2) is 6.61 Å². The van der Waals surface area contributed by atoms with Crippen LogP contribution in [-0.4, -0.2) is 49.2 Å². The Morgan fingerprint density at radius 2 is 2.24 bits per heavy atom. The molecule has 136 valence electrons. The van der Waals surface area contributed by atoms with Crippen molar-refractivity contribution in [1.82, 2.24) is 5.32 Å². The fourth-order valence-electron chi connectivity index (χ4n) is 2.45. The lowest BCUT2D eigenvalue weighted by atomic mass is 10.1. The predicted octanol–water partition coefficient (Wildman–Crippen LogP) is 1.48. The molecule has 2 rings (SSSR count). The van der Waals surface area contributed by atoms with Crippen LogP contribution >= 0.6 is 0 Å². The SMILES string of the molecule is CCNc1ccc(C(=O)OCC(=O)NCC2CCCO2)cc1[N+](=O)[O-]. The Hall–Kier alpha value is -2.68. The molecule has 1 heterocycles. The summed E-state index contributed by atoms with van der Waals surface area (Å²) in [5, 5.41) is 16.6. The number of nitrogens with zero attached hydrogens (tertiary/aromatic N) is 1. The maximum Gasteiger partial charge on any atom is 0.338 e. The number of benzene rings is 1. The van der Waals surface area contributed by atoms with Crippen LogP contribution in [0.3, 0.4) is 0 Å². The summed E-state index contributed by atoms with van der Waals surface area (Å²) in [7, 11) is 0. The van der Waals surface area contributed by atoms with E-state index in [2.05, 4.69) is 10.6 Å². The molecule has 2 N–H and O–H groups in total. The molecule has 1 amide bonds. The minimum Gasteiger partial charge on any atom is -0.452 e. The minimum atomic E-state index is -0.793. The van der Waals surface area contributed by atoms with Gasteiger partial charge in [-0.25, -0.2) is 4.79 Å². The molecule has 0 radical (unpaired) electrons. The molecule has 0 bridgehead atoms. The second-order valence-electron chi connectivity index (χ2n) is 5.53. The van der Waals surface area contributed by atoms with E-state index in [-0.39, 0.29) is 17.4 Å². The average molecular weight is 351 g/mol. The van der Waals surface area contributed by atoms with Crippen molar-refractivity contribution in [3.8, 4) is 0 Å². The lowest BCUT2D eigenvalue weighted by Crippen LogP contribution is -2.34. The first-order valence-electron chi connectivity index (χ1n) is 8.09. The number of nitrogens with one attached hydrogen (secondary N) is 2. The van der Waals surface area contributed by atoms with Gasteiger partial charge in [0.25, 0.3) is 11.6 Å². The average Bonchev–Trinajstić information content (AvgIpc) is 3.11. The Morgan fingerprint density at radius 1 is 1.44 bits per heavy atom. The summed E-state index contributed by atoms with van der Waals surface area (Å²) in [5.74, 6) is -1.24. The molecule has 0 aromatic heterocycles. The summed E-state index contributed by atoms with van der Waals surface area (Å²) in [5.41, 5.74) is 0.109. The maximum absolute atomic E-state index is 12.0. The predicted molar refractivity (Wildman–Crippen MR) is 89.5 cm³/mol. The fraction of sp³-hybridized carbons (Fsp3) is 0.500.